The summed E-state index contributed by atoms with van der Waals surface area (Å²) in [6.45, 7) is 1.92. The number of rotatable bonds is 6. The van der Waals surface area contributed by atoms with E-state index in [0.717, 1.165) is 5.69 Å². The molecular formula is C18H19NO4. The van der Waals surface area contributed by atoms with Crippen LogP contribution in [0.25, 0.3) is 0 Å². The summed E-state index contributed by atoms with van der Waals surface area (Å²) in [7, 11) is 3.00. The van der Waals surface area contributed by atoms with Crippen molar-refractivity contribution in [3.8, 4) is 11.5 Å². The van der Waals surface area contributed by atoms with E-state index in [0.29, 0.717) is 29.2 Å². The maximum Gasteiger partial charge on any atom is 0.336 e. The van der Waals surface area contributed by atoms with Crippen molar-refractivity contribution >= 4 is 17.4 Å². The van der Waals surface area contributed by atoms with Gasteiger partial charge in [0.1, 0.15) is 0 Å². The van der Waals surface area contributed by atoms with Gasteiger partial charge in [0.05, 0.1) is 36.7 Å². The first-order chi connectivity index (χ1) is 11.1. The van der Waals surface area contributed by atoms with Crippen molar-refractivity contribution < 1.29 is 19.4 Å². The van der Waals surface area contributed by atoms with Gasteiger partial charge in [-0.05, 0) is 30.7 Å². The Morgan fingerprint density at radius 2 is 1.78 bits per heavy atom. The predicted octanol–water partition coefficient (Wildman–Crippen LogP) is 3.93. The third kappa shape index (κ3) is 3.51. The summed E-state index contributed by atoms with van der Waals surface area (Å²) < 4.78 is 10.7. The van der Waals surface area contributed by atoms with E-state index in [2.05, 4.69) is 4.99 Å². The Morgan fingerprint density at radius 3 is 2.30 bits per heavy atom. The van der Waals surface area contributed by atoms with Crippen molar-refractivity contribution in [1.29, 1.82) is 0 Å². The highest BCUT2D eigenvalue weighted by Crippen LogP contribution is 2.35. The smallest absolute Gasteiger partial charge is 0.336 e. The minimum Gasteiger partial charge on any atom is -0.493 e. The molecule has 5 nitrogen and oxygen atoms in total. The van der Waals surface area contributed by atoms with Crippen LogP contribution in [0.15, 0.2) is 47.5 Å². The summed E-state index contributed by atoms with van der Waals surface area (Å²) in [4.78, 5) is 16.2. The van der Waals surface area contributed by atoms with Gasteiger partial charge in [0, 0.05) is 0 Å². The molecule has 0 saturated carbocycles. The van der Waals surface area contributed by atoms with Gasteiger partial charge in [-0.25, -0.2) is 4.79 Å². The molecule has 2 aromatic carbocycles. The Balaban J connectivity index is 2.71. The molecule has 0 aromatic heterocycles. The van der Waals surface area contributed by atoms with Gasteiger partial charge in [0.25, 0.3) is 0 Å². The second-order valence-electron chi connectivity index (χ2n) is 4.78. The fourth-order valence-corrected chi connectivity index (χ4v) is 2.36. The fraction of sp³-hybridized carbons (Fsp3) is 0.222. The van der Waals surface area contributed by atoms with E-state index < -0.39 is 5.97 Å². The highest BCUT2D eigenvalue weighted by Gasteiger charge is 2.22. The molecule has 0 heterocycles. The Bertz CT molecular complexity index is 723. The number of methoxy groups -OCH3 is 2. The van der Waals surface area contributed by atoms with Crippen LogP contribution in [-0.2, 0) is 0 Å². The van der Waals surface area contributed by atoms with Crippen LogP contribution in [0.1, 0.15) is 29.3 Å². The van der Waals surface area contributed by atoms with Gasteiger partial charge >= 0.3 is 5.97 Å². The quantitative estimate of drug-likeness (QED) is 0.820. The number of para-hydroxylation sites is 1. The number of carboxylic acid groups (broad SMARTS) is 1. The average molecular weight is 313 g/mol. The number of benzene rings is 2. The molecule has 0 atom stereocenters. The first-order valence-electron chi connectivity index (χ1n) is 7.23. The van der Waals surface area contributed by atoms with E-state index in [1.165, 1.54) is 20.3 Å². The lowest BCUT2D eigenvalue weighted by Crippen LogP contribution is -2.11. The number of nitrogens with zero attached hydrogens (tertiary/aromatic N) is 1. The van der Waals surface area contributed by atoms with Crippen LogP contribution in [0.3, 0.4) is 0 Å². The van der Waals surface area contributed by atoms with Gasteiger partial charge in [0.2, 0.25) is 0 Å². The number of ether oxygens (including phenoxy) is 2. The third-order valence-corrected chi connectivity index (χ3v) is 3.42. The summed E-state index contributed by atoms with van der Waals surface area (Å²) in [6.07, 6.45) is 0.554. The largest absolute Gasteiger partial charge is 0.493 e. The van der Waals surface area contributed by atoms with Crippen LogP contribution in [0.5, 0.6) is 11.5 Å². The van der Waals surface area contributed by atoms with Crippen molar-refractivity contribution in [2.24, 2.45) is 4.99 Å². The lowest BCUT2D eigenvalue weighted by molar-refractivity contribution is 0.0696. The second-order valence-corrected chi connectivity index (χ2v) is 4.78. The zero-order valence-corrected chi connectivity index (χ0v) is 13.4. The van der Waals surface area contributed by atoms with Gasteiger partial charge in [-0.1, -0.05) is 25.1 Å². The number of aromatic carboxylic acids is 1. The molecule has 0 amide bonds. The first-order valence-corrected chi connectivity index (χ1v) is 7.23. The minimum absolute atomic E-state index is 0.138. The van der Waals surface area contributed by atoms with Crippen LogP contribution < -0.4 is 9.47 Å². The molecule has 0 aliphatic carbocycles. The highest BCUT2D eigenvalue weighted by atomic mass is 16.5. The van der Waals surface area contributed by atoms with Crippen molar-refractivity contribution in [2.75, 3.05) is 14.2 Å². The van der Waals surface area contributed by atoms with Crippen molar-refractivity contribution in [3.63, 3.8) is 0 Å². The van der Waals surface area contributed by atoms with Crippen molar-refractivity contribution in [1.82, 2.24) is 0 Å². The van der Waals surface area contributed by atoms with Crippen LogP contribution in [0.4, 0.5) is 5.69 Å². The summed E-state index contributed by atoms with van der Waals surface area (Å²) in [5.41, 5.74) is 1.97. The summed E-state index contributed by atoms with van der Waals surface area (Å²) in [6, 6.07) is 12.5. The molecule has 0 aliphatic rings. The number of hydrogen-bond acceptors (Lipinski definition) is 4. The lowest BCUT2D eigenvalue weighted by Gasteiger charge is -2.16. The van der Waals surface area contributed by atoms with E-state index in [1.54, 1.807) is 6.07 Å². The lowest BCUT2D eigenvalue weighted by atomic mass is 9.99. The molecule has 0 aliphatic heterocycles. The number of hydrogen-bond donors (Lipinski definition) is 1. The van der Waals surface area contributed by atoms with Crippen LogP contribution in [0, 0.1) is 0 Å². The van der Waals surface area contributed by atoms with Crippen molar-refractivity contribution in [3.05, 3.63) is 53.6 Å². The zero-order chi connectivity index (χ0) is 16.8. The molecule has 23 heavy (non-hydrogen) atoms. The van der Waals surface area contributed by atoms with E-state index in [-0.39, 0.29) is 5.56 Å². The topological polar surface area (TPSA) is 68.1 Å². The normalized spacial score (nSPS) is 11.2. The molecular weight excluding hydrogens is 294 g/mol. The molecule has 2 rings (SSSR count). The SMILES string of the molecule is CCC(=Nc1ccccc1)c1c(C(=O)O)ccc(OC)c1OC. The van der Waals surface area contributed by atoms with E-state index in [9.17, 15) is 9.90 Å². The molecule has 0 spiro atoms. The van der Waals surface area contributed by atoms with Gasteiger partial charge in [-0.2, -0.15) is 0 Å². The van der Waals surface area contributed by atoms with Crippen LogP contribution in [-0.4, -0.2) is 31.0 Å². The standard InChI is InChI=1S/C18H19NO4/c1-4-14(19-12-8-6-5-7-9-12)16-13(18(20)21)10-11-15(22-2)17(16)23-3/h5-11H,4H2,1-3H3,(H,20,21). The van der Waals surface area contributed by atoms with E-state index in [4.69, 9.17) is 9.47 Å². The Kier molecular flexibility index (Phi) is 5.36. The second kappa shape index (κ2) is 7.45. The monoisotopic (exact) mass is 313 g/mol. The van der Waals surface area contributed by atoms with Crippen molar-refractivity contribution in [2.45, 2.75) is 13.3 Å². The predicted molar refractivity (Wildman–Crippen MR) is 89.4 cm³/mol. The van der Waals surface area contributed by atoms with E-state index in [1.807, 2.05) is 37.3 Å². The number of carboxylic acids is 1. The first kappa shape index (κ1) is 16.5. The zero-order valence-electron chi connectivity index (χ0n) is 13.4. The van der Waals surface area contributed by atoms with Gasteiger partial charge in [0.15, 0.2) is 11.5 Å². The number of aliphatic imine (C=N–C) groups is 1. The molecule has 2 aromatic rings. The Hall–Kier alpha value is -2.82. The van der Waals surface area contributed by atoms with Gasteiger partial charge in [-0.15, -0.1) is 0 Å². The minimum atomic E-state index is -1.03. The molecule has 0 radical (unpaired) electrons. The molecule has 5 heteroatoms. The maximum absolute atomic E-state index is 11.6. The maximum atomic E-state index is 11.6. The van der Waals surface area contributed by atoms with E-state index >= 15 is 0 Å². The summed E-state index contributed by atoms with van der Waals surface area (Å²) in [5.74, 6) is -0.180. The molecule has 0 saturated heterocycles. The average Bonchev–Trinajstić information content (AvgIpc) is 2.59. The molecule has 120 valence electrons. The number of carbonyl (C=O) groups is 1. The van der Waals surface area contributed by atoms with Crippen LogP contribution in [0.2, 0.25) is 0 Å². The third-order valence-electron chi connectivity index (χ3n) is 3.42. The summed E-state index contributed by atoms with van der Waals surface area (Å²) in [5, 5.41) is 9.51. The molecule has 0 unspecified atom stereocenters. The molecule has 0 bridgehead atoms. The molecule has 0 fully saturated rings. The van der Waals surface area contributed by atoms with Crippen LogP contribution >= 0.6 is 0 Å². The molecule has 1 N–H and O–H groups in total. The Morgan fingerprint density at radius 1 is 1.09 bits per heavy atom. The highest BCUT2D eigenvalue weighted by molar-refractivity contribution is 6.11. The Labute approximate surface area is 135 Å². The fourth-order valence-electron chi connectivity index (χ4n) is 2.36. The van der Waals surface area contributed by atoms with Gasteiger partial charge in [-0.3, -0.25) is 4.99 Å². The van der Waals surface area contributed by atoms with Gasteiger partial charge < -0.3 is 14.6 Å². The summed E-state index contributed by atoms with van der Waals surface area (Å²) >= 11 is 0.